The van der Waals surface area contributed by atoms with E-state index in [4.69, 9.17) is 5.73 Å². The maximum atomic E-state index is 5.80. The van der Waals surface area contributed by atoms with Crippen molar-refractivity contribution in [2.75, 3.05) is 11.9 Å². The molecular formula is C11H20N4S. The van der Waals surface area contributed by atoms with E-state index in [9.17, 15) is 0 Å². The first-order chi connectivity index (χ1) is 7.45. The highest BCUT2D eigenvalue weighted by Crippen LogP contribution is 2.35. The maximum Gasteiger partial charge on any atom is 0.203 e. The minimum atomic E-state index is 0.0198. The zero-order valence-electron chi connectivity index (χ0n) is 10.2. The standard InChI is InChI=1S/C11H20N4S/c1-10(2,3)8-13-9(16-15-8)14-11(7-12)5-4-6-11/h4-7,12H2,1-3H3,(H,13,14,15). The Morgan fingerprint density at radius 2 is 2.12 bits per heavy atom. The summed E-state index contributed by atoms with van der Waals surface area (Å²) in [5.74, 6) is 0.909. The van der Waals surface area contributed by atoms with Crippen LogP contribution in [0.5, 0.6) is 0 Å². The van der Waals surface area contributed by atoms with Gasteiger partial charge in [0.25, 0.3) is 0 Å². The SMILES string of the molecule is CC(C)(C)c1nsc(NC2(CN)CCC2)n1. The molecule has 1 aliphatic carbocycles. The fourth-order valence-corrected chi connectivity index (χ4v) is 2.67. The first kappa shape index (κ1) is 11.8. The van der Waals surface area contributed by atoms with E-state index >= 15 is 0 Å². The summed E-state index contributed by atoms with van der Waals surface area (Å²) in [5.41, 5.74) is 5.91. The highest BCUT2D eigenvalue weighted by atomic mass is 32.1. The smallest absolute Gasteiger partial charge is 0.203 e. The largest absolute Gasteiger partial charge is 0.354 e. The van der Waals surface area contributed by atoms with Gasteiger partial charge in [-0.1, -0.05) is 20.8 Å². The van der Waals surface area contributed by atoms with Crippen LogP contribution in [0.3, 0.4) is 0 Å². The molecule has 0 atom stereocenters. The fourth-order valence-electron chi connectivity index (χ4n) is 1.79. The van der Waals surface area contributed by atoms with E-state index in [1.165, 1.54) is 18.0 Å². The lowest BCUT2D eigenvalue weighted by molar-refractivity contribution is 0.287. The zero-order valence-corrected chi connectivity index (χ0v) is 11.0. The lowest BCUT2D eigenvalue weighted by atomic mass is 9.77. The molecule has 0 bridgehead atoms. The number of rotatable bonds is 3. The molecule has 1 saturated carbocycles. The number of aromatic nitrogens is 2. The van der Waals surface area contributed by atoms with E-state index in [1.54, 1.807) is 0 Å². The average Bonchev–Trinajstić information content (AvgIpc) is 2.58. The van der Waals surface area contributed by atoms with E-state index in [2.05, 4.69) is 35.4 Å². The van der Waals surface area contributed by atoms with Gasteiger partial charge in [-0.2, -0.15) is 4.37 Å². The minimum Gasteiger partial charge on any atom is -0.354 e. The van der Waals surface area contributed by atoms with Crippen LogP contribution in [0.15, 0.2) is 0 Å². The predicted molar refractivity (Wildman–Crippen MR) is 67.9 cm³/mol. The quantitative estimate of drug-likeness (QED) is 0.849. The van der Waals surface area contributed by atoms with E-state index in [0.717, 1.165) is 23.8 Å². The van der Waals surface area contributed by atoms with Gasteiger partial charge in [-0.25, -0.2) is 4.98 Å². The molecule has 0 amide bonds. The van der Waals surface area contributed by atoms with Crippen LogP contribution in [0.2, 0.25) is 0 Å². The molecule has 1 aromatic rings. The Balaban J connectivity index is 2.08. The molecule has 0 saturated heterocycles. The van der Waals surface area contributed by atoms with Crippen molar-refractivity contribution < 1.29 is 0 Å². The Bertz CT molecular complexity index is 357. The Hall–Kier alpha value is -0.680. The molecule has 0 aromatic carbocycles. The highest BCUT2D eigenvalue weighted by Gasteiger charge is 2.36. The van der Waals surface area contributed by atoms with Crippen LogP contribution in [0.1, 0.15) is 45.9 Å². The van der Waals surface area contributed by atoms with E-state index in [0.29, 0.717) is 6.54 Å². The fraction of sp³-hybridized carbons (Fsp3) is 0.818. The Morgan fingerprint density at radius 3 is 2.50 bits per heavy atom. The Labute approximate surface area is 101 Å². The molecule has 1 aromatic heterocycles. The number of hydrogen-bond donors (Lipinski definition) is 2. The molecule has 1 aliphatic rings. The first-order valence-electron chi connectivity index (χ1n) is 5.78. The summed E-state index contributed by atoms with van der Waals surface area (Å²) in [6.07, 6.45) is 3.55. The Morgan fingerprint density at radius 1 is 1.44 bits per heavy atom. The molecule has 3 N–H and O–H groups in total. The van der Waals surface area contributed by atoms with Crippen molar-refractivity contribution >= 4 is 16.7 Å². The van der Waals surface area contributed by atoms with Crippen LogP contribution >= 0.6 is 11.5 Å². The third kappa shape index (κ3) is 2.20. The third-order valence-corrected chi connectivity index (χ3v) is 3.80. The summed E-state index contributed by atoms with van der Waals surface area (Å²) >= 11 is 1.44. The summed E-state index contributed by atoms with van der Waals surface area (Å²) in [6, 6.07) is 0. The van der Waals surface area contributed by atoms with E-state index in [1.807, 2.05) is 0 Å². The molecule has 0 aliphatic heterocycles. The highest BCUT2D eigenvalue weighted by molar-refractivity contribution is 7.09. The van der Waals surface area contributed by atoms with E-state index < -0.39 is 0 Å². The van der Waals surface area contributed by atoms with Crippen molar-refractivity contribution in [2.45, 2.75) is 51.0 Å². The molecule has 4 nitrogen and oxygen atoms in total. The molecule has 0 radical (unpaired) electrons. The summed E-state index contributed by atoms with van der Waals surface area (Å²) in [6.45, 7) is 7.06. The van der Waals surface area contributed by atoms with Gasteiger partial charge in [0.15, 0.2) is 0 Å². The molecule has 5 heteroatoms. The van der Waals surface area contributed by atoms with Crippen LogP contribution in [0.25, 0.3) is 0 Å². The second-order valence-electron chi connectivity index (χ2n) is 5.64. The maximum absolute atomic E-state index is 5.80. The van der Waals surface area contributed by atoms with Gasteiger partial charge in [-0.15, -0.1) is 0 Å². The van der Waals surface area contributed by atoms with Crippen LogP contribution in [-0.2, 0) is 5.41 Å². The van der Waals surface area contributed by atoms with Gasteiger partial charge in [0, 0.05) is 23.5 Å². The number of nitrogens with two attached hydrogens (primary N) is 1. The van der Waals surface area contributed by atoms with Crippen LogP contribution in [0.4, 0.5) is 5.13 Å². The number of nitrogens with zero attached hydrogens (tertiary/aromatic N) is 2. The van der Waals surface area contributed by atoms with Crippen LogP contribution in [0, 0.1) is 0 Å². The molecule has 1 heterocycles. The van der Waals surface area contributed by atoms with Gasteiger partial charge >= 0.3 is 0 Å². The lowest BCUT2D eigenvalue weighted by Gasteiger charge is -2.41. The summed E-state index contributed by atoms with van der Waals surface area (Å²) in [5, 5.41) is 4.37. The van der Waals surface area contributed by atoms with Crippen LogP contribution < -0.4 is 11.1 Å². The molecule has 2 rings (SSSR count). The molecule has 90 valence electrons. The van der Waals surface area contributed by atoms with Gasteiger partial charge in [0.2, 0.25) is 5.13 Å². The van der Waals surface area contributed by atoms with Crippen molar-refractivity contribution in [2.24, 2.45) is 5.73 Å². The van der Waals surface area contributed by atoms with Crippen molar-refractivity contribution in [1.82, 2.24) is 9.36 Å². The minimum absolute atomic E-state index is 0.0198. The summed E-state index contributed by atoms with van der Waals surface area (Å²) < 4.78 is 4.39. The number of hydrogen-bond acceptors (Lipinski definition) is 5. The molecule has 16 heavy (non-hydrogen) atoms. The van der Waals surface area contributed by atoms with Crippen molar-refractivity contribution in [3.63, 3.8) is 0 Å². The predicted octanol–water partition coefficient (Wildman–Crippen LogP) is 2.13. The van der Waals surface area contributed by atoms with Gasteiger partial charge < -0.3 is 11.1 Å². The topological polar surface area (TPSA) is 63.8 Å². The third-order valence-electron chi connectivity index (χ3n) is 3.17. The first-order valence-corrected chi connectivity index (χ1v) is 6.55. The van der Waals surface area contributed by atoms with Crippen molar-refractivity contribution in [3.8, 4) is 0 Å². The van der Waals surface area contributed by atoms with Gasteiger partial charge in [0.1, 0.15) is 5.82 Å². The number of anilines is 1. The molecule has 1 fully saturated rings. The van der Waals surface area contributed by atoms with Gasteiger partial charge in [-0.05, 0) is 19.3 Å². The van der Waals surface area contributed by atoms with Gasteiger partial charge in [-0.3, -0.25) is 0 Å². The number of nitrogens with one attached hydrogen (secondary N) is 1. The summed E-state index contributed by atoms with van der Waals surface area (Å²) in [4.78, 5) is 4.54. The van der Waals surface area contributed by atoms with E-state index in [-0.39, 0.29) is 11.0 Å². The van der Waals surface area contributed by atoms with Crippen LogP contribution in [-0.4, -0.2) is 21.4 Å². The second kappa shape index (κ2) is 3.96. The lowest BCUT2D eigenvalue weighted by Crippen LogP contribution is -2.51. The van der Waals surface area contributed by atoms with Gasteiger partial charge in [0.05, 0.1) is 5.54 Å². The monoisotopic (exact) mass is 240 g/mol. The van der Waals surface area contributed by atoms with Crippen molar-refractivity contribution in [3.05, 3.63) is 5.82 Å². The summed E-state index contributed by atoms with van der Waals surface area (Å²) in [7, 11) is 0. The average molecular weight is 240 g/mol. The normalized spacial score (nSPS) is 19.2. The molecule has 0 spiro atoms. The zero-order chi connectivity index (χ0) is 11.8. The molecular weight excluding hydrogens is 220 g/mol. The van der Waals surface area contributed by atoms with Crippen molar-refractivity contribution in [1.29, 1.82) is 0 Å². The Kier molecular flexibility index (Phi) is 2.92. The molecule has 0 unspecified atom stereocenters. The second-order valence-corrected chi connectivity index (χ2v) is 6.39.